The fraction of sp³-hybridized carbons (Fsp3) is 0.625. The van der Waals surface area contributed by atoms with E-state index in [2.05, 4.69) is 19.7 Å². The Morgan fingerprint density at radius 3 is 2.87 bits per heavy atom. The average molecular weight is 224 g/mol. The molecule has 0 aliphatic rings. The van der Waals surface area contributed by atoms with Crippen molar-refractivity contribution in [3.63, 3.8) is 0 Å². The van der Waals surface area contributed by atoms with Gasteiger partial charge < -0.3 is 14.6 Å². The highest BCUT2D eigenvalue weighted by Gasteiger charge is 2.27. The molecule has 1 aromatic rings. The molecule has 0 bridgehead atoms. The van der Waals surface area contributed by atoms with Crippen molar-refractivity contribution in [3.05, 3.63) is 18.0 Å². The zero-order chi connectivity index (χ0) is 11.1. The van der Waals surface area contributed by atoms with Crippen molar-refractivity contribution in [1.82, 2.24) is 10.5 Å². The monoisotopic (exact) mass is 224 g/mol. The fourth-order valence-electron chi connectivity index (χ4n) is 0.877. The first-order valence-corrected chi connectivity index (χ1v) is 4.32. The van der Waals surface area contributed by atoms with Crippen molar-refractivity contribution < 1.29 is 22.4 Å². The van der Waals surface area contributed by atoms with Crippen LogP contribution in [0.15, 0.2) is 16.9 Å². The van der Waals surface area contributed by atoms with Crippen molar-refractivity contribution in [3.8, 4) is 0 Å². The van der Waals surface area contributed by atoms with E-state index in [1.54, 1.807) is 6.07 Å². The molecule has 1 rings (SSSR count). The summed E-state index contributed by atoms with van der Waals surface area (Å²) in [4.78, 5) is 0. The van der Waals surface area contributed by atoms with Crippen LogP contribution in [0.25, 0.3) is 0 Å². The molecule has 0 amide bonds. The molecule has 0 unspecified atom stereocenters. The third kappa shape index (κ3) is 6.08. The second kappa shape index (κ2) is 5.72. The van der Waals surface area contributed by atoms with Crippen LogP contribution in [-0.4, -0.2) is 31.1 Å². The number of aromatic nitrogens is 1. The topological polar surface area (TPSA) is 47.3 Å². The second-order valence-corrected chi connectivity index (χ2v) is 2.84. The normalized spacial score (nSPS) is 11.9. The van der Waals surface area contributed by atoms with Gasteiger partial charge in [-0.2, -0.15) is 13.2 Å². The number of rotatable bonds is 6. The summed E-state index contributed by atoms with van der Waals surface area (Å²) in [5.41, 5.74) is 0.700. The van der Waals surface area contributed by atoms with Crippen LogP contribution in [0.5, 0.6) is 0 Å². The molecule has 1 heterocycles. The maximum absolute atomic E-state index is 11.6. The molecule has 0 saturated carbocycles. The number of ether oxygens (including phenoxy) is 1. The lowest BCUT2D eigenvalue weighted by Gasteiger charge is -2.07. The maximum atomic E-state index is 11.6. The number of nitrogens with one attached hydrogen (secondary N) is 1. The quantitative estimate of drug-likeness (QED) is 0.741. The first-order chi connectivity index (χ1) is 7.08. The van der Waals surface area contributed by atoms with Crippen molar-refractivity contribution in [2.24, 2.45) is 0 Å². The lowest BCUT2D eigenvalue weighted by molar-refractivity contribution is -0.173. The van der Waals surface area contributed by atoms with Gasteiger partial charge in [-0.3, -0.25) is 0 Å². The molecule has 0 fully saturated rings. The molecule has 0 aromatic carbocycles. The summed E-state index contributed by atoms with van der Waals surface area (Å²) in [6.07, 6.45) is -2.83. The Labute approximate surface area is 84.4 Å². The van der Waals surface area contributed by atoms with Crippen molar-refractivity contribution in [2.75, 3.05) is 19.8 Å². The van der Waals surface area contributed by atoms with E-state index in [4.69, 9.17) is 0 Å². The van der Waals surface area contributed by atoms with Crippen LogP contribution in [0.1, 0.15) is 5.69 Å². The first-order valence-electron chi connectivity index (χ1n) is 4.32. The van der Waals surface area contributed by atoms with E-state index in [0.29, 0.717) is 18.8 Å². The number of halogens is 3. The number of hydrogen-bond acceptors (Lipinski definition) is 4. The smallest absolute Gasteiger partial charge is 0.371 e. The Bertz CT molecular complexity index is 261. The second-order valence-electron chi connectivity index (χ2n) is 2.84. The standard InChI is InChI=1S/C8H11F3N2O2/c9-8(10,11)6-14-4-2-12-5-7-1-3-15-13-7/h1,3,12H,2,4-6H2. The van der Waals surface area contributed by atoms with E-state index in [9.17, 15) is 13.2 Å². The summed E-state index contributed by atoms with van der Waals surface area (Å²) in [5.74, 6) is 0. The predicted molar refractivity (Wildman–Crippen MR) is 45.1 cm³/mol. The molecule has 0 radical (unpaired) electrons. The molecular formula is C8H11F3N2O2. The van der Waals surface area contributed by atoms with E-state index >= 15 is 0 Å². The molecule has 0 aliphatic carbocycles. The molecule has 86 valence electrons. The Balaban J connectivity index is 1.94. The van der Waals surface area contributed by atoms with Gasteiger partial charge in [-0.05, 0) is 0 Å². The van der Waals surface area contributed by atoms with Gasteiger partial charge in [-0.25, -0.2) is 0 Å². The van der Waals surface area contributed by atoms with Crippen LogP contribution in [-0.2, 0) is 11.3 Å². The van der Waals surface area contributed by atoms with Gasteiger partial charge in [0.2, 0.25) is 0 Å². The fourth-order valence-corrected chi connectivity index (χ4v) is 0.877. The summed E-state index contributed by atoms with van der Waals surface area (Å²) in [7, 11) is 0. The maximum Gasteiger partial charge on any atom is 0.411 e. The molecule has 0 spiro atoms. The highest BCUT2D eigenvalue weighted by atomic mass is 19.4. The van der Waals surface area contributed by atoms with E-state index in [1.807, 2.05) is 0 Å². The molecule has 4 nitrogen and oxygen atoms in total. The highest BCUT2D eigenvalue weighted by Crippen LogP contribution is 2.13. The van der Waals surface area contributed by atoms with Crippen LogP contribution < -0.4 is 5.32 Å². The molecule has 7 heteroatoms. The van der Waals surface area contributed by atoms with Gasteiger partial charge in [-0.1, -0.05) is 5.16 Å². The molecule has 0 aliphatic heterocycles. The van der Waals surface area contributed by atoms with E-state index in [0.717, 1.165) is 0 Å². The van der Waals surface area contributed by atoms with Gasteiger partial charge in [0.15, 0.2) is 0 Å². The summed E-state index contributed by atoms with van der Waals surface area (Å²) in [5, 5.41) is 6.47. The van der Waals surface area contributed by atoms with Crippen molar-refractivity contribution in [1.29, 1.82) is 0 Å². The van der Waals surface area contributed by atoms with Crippen LogP contribution in [0.3, 0.4) is 0 Å². The summed E-state index contributed by atoms with van der Waals surface area (Å²) >= 11 is 0. The van der Waals surface area contributed by atoms with Gasteiger partial charge >= 0.3 is 6.18 Å². The van der Waals surface area contributed by atoms with Crippen LogP contribution in [0.2, 0.25) is 0 Å². The summed E-state index contributed by atoms with van der Waals surface area (Å²) < 4.78 is 43.8. The minimum Gasteiger partial charge on any atom is -0.371 e. The van der Waals surface area contributed by atoms with E-state index in [1.165, 1.54) is 6.26 Å². The lowest BCUT2D eigenvalue weighted by Crippen LogP contribution is -2.23. The van der Waals surface area contributed by atoms with Gasteiger partial charge in [0.05, 0.1) is 12.3 Å². The molecule has 15 heavy (non-hydrogen) atoms. The van der Waals surface area contributed by atoms with Gasteiger partial charge in [0, 0.05) is 19.2 Å². The molecule has 0 atom stereocenters. The van der Waals surface area contributed by atoms with Gasteiger partial charge in [0.1, 0.15) is 12.9 Å². The minimum atomic E-state index is -4.26. The summed E-state index contributed by atoms with van der Waals surface area (Å²) in [6.45, 7) is -0.412. The number of alkyl halides is 3. The molecule has 1 N–H and O–H groups in total. The Morgan fingerprint density at radius 2 is 2.27 bits per heavy atom. The third-order valence-electron chi connectivity index (χ3n) is 1.49. The predicted octanol–water partition coefficient (Wildman–Crippen LogP) is 1.34. The van der Waals surface area contributed by atoms with Crippen molar-refractivity contribution >= 4 is 0 Å². The first kappa shape index (κ1) is 12.0. The van der Waals surface area contributed by atoms with Crippen LogP contribution in [0.4, 0.5) is 13.2 Å². The van der Waals surface area contributed by atoms with Gasteiger partial charge in [-0.15, -0.1) is 0 Å². The van der Waals surface area contributed by atoms with Crippen LogP contribution >= 0.6 is 0 Å². The Morgan fingerprint density at radius 1 is 1.47 bits per heavy atom. The average Bonchev–Trinajstić information content (AvgIpc) is 2.61. The lowest BCUT2D eigenvalue weighted by atomic mass is 10.4. The molecule has 0 saturated heterocycles. The van der Waals surface area contributed by atoms with Crippen molar-refractivity contribution in [2.45, 2.75) is 12.7 Å². The zero-order valence-corrected chi connectivity index (χ0v) is 7.88. The van der Waals surface area contributed by atoms with E-state index in [-0.39, 0.29) is 6.61 Å². The number of hydrogen-bond donors (Lipinski definition) is 1. The van der Waals surface area contributed by atoms with Crippen LogP contribution in [0, 0.1) is 0 Å². The summed E-state index contributed by atoms with van der Waals surface area (Å²) in [6, 6.07) is 1.67. The molecule has 1 aromatic heterocycles. The van der Waals surface area contributed by atoms with E-state index < -0.39 is 12.8 Å². The molecular weight excluding hydrogens is 213 g/mol. The Kier molecular flexibility index (Phi) is 4.57. The third-order valence-corrected chi connectivity index (χ3v) is 1.49. The Hall–Kier alpha value is -1.08. The largest absolute Gasteiger partial charge is 0.411 e. The van der Waals surface area contributed by atoms with Gasteiger partial charge in [0.25, 0.3) is 0 Å². The number of nitrogens with zero attached hydrogens (tertiary/aromatic N) is 1. The SMILES string of the molecule is FC(F)(F)COCCNCc1ccon1. The highest BCUT2D eigenvalue weighted by molar-refractivity contribution is 4.93. The minimum absolute atomic E-state index is 0.0113. The zero-order valence-electron chi connectivity index (χ0n) is 7.88.